The van der Waals surface area contributed by atoms with Crippen molar-refractivity contribution in [1.82, 2.24) is 35.1 Å². The number of aliphatic hydroxyl groups is 1. The largest absolute Gasteiger partial charge is 0.481 e. The molecular weight excluding hydrogens is 665 g/mol. The van der Waals surface area contributed by atoms with Gasteiger partial charge in [0, 0.05) is 90.9 Å². The fourth-order valence-corrected chi connectivity index (χ4v) is 6.61. The van der Waals surface area contributed by atoms with Gasteiger partial charge in [-0.3, -0.25) is 14.2 Å². The zero-order valence-electron chi connectivity index (χ0n) is 27.2. The number of carbonyl (C=O) groups is 1. The summed E-state index contributed by atoms with van der Waals surface area (Å²) in [6.45, 7) is 5.35. The molecule has 49 heavy (non-hydrogen) atoms. The normalized spacial score (nSPS) is 14.3. The molecule has 5 aromatic rings. The van der Waals surface area contributed by atoms with Gasteiger partial charge in [-0.15, -0.1) is 0 Å². The highest BCUT2D eigenvalue weighted by Crippen LogP contribution is 2.42. The van der Waals surface area contributed by atoms with Crippen LogP contribution in [0.25, 0.3) is 39.0 Å². The average molecular weight is 703 g/mol. The predicted octanol–water partition coefficient (Wildman–Crippen LogP) is 5.10. The first-order valence-corrected chi connectivity index (χ1v) is 16.7. The zero-order valence-corrected chi connectivity index (χ0v) is 28.7. The van der Waals surface area contributed by atoms with Crippen LogP contribution in [0.2, 0.25) is 10.0 Å². The molecule has 11 nitrogen and oxygen atoms in total. The van der Waals surface area contributed by atoms with Crippen molar-refractivity contribution in [3.8, 4) is 39.4 Å². The summed E-state index contributed by atoms with van der Waals surface area (Å²) < 4.78 is 8.69. The molecule has 6 rings (SSSR count). The first kappa shape index (κ1) is 34.2. The van der Waals surface area contributed by atoms with Crippen LogP contribution in [-0.4, -0.2) is 56.5 Å². The minimum atomic E-state index is -0.208. The van der Waals surface area contributed by atoms with Crippen molar-refractivity contribution in [1.29, 1.82) is 0 Å². The van der Waals surface area contributed by atoms with Gasteiger partial charge in [0.2, 0.25) is 11.8 Å². The highest BCUT2D eigenvalue weighted by atomic mass is 35.5. The molecule has 0 bridgehead atoms. The molecule has 0 saturated carbocycles. The molecule has 1 aliphatic heterocycles. The van der Waals surface area contributed by atoms with Crippen LogP contribution in [0.15, 0.2) is 77.9 Å². The summed E-state index contributed by atoms with van der Waals surface area (Å²) in [5, 5.41) is 24.2. The smallest absolute Gasteiger partial charge is 0.277 e. The minimum absolute atomic E-state index is 0.0189. The SMILES string of the molecule is C=C(CCO)NCc1nn2cc(-c3cccc(-c4cccc(-c5ccc(CNC[C@@H]6CCC(=O)N6)c(OC)n5)c4Cl)c3Cl)cc2c(=O)n1C. The molecule has 0 aliphatic carbocycles. The van der Waals surface area contributed by atoms with E-state index < -0.39 is 0 Å². The maximum Gasteiger partial charge on any atom is 0.277 e. The van der Waals surface area contributed by atoms with Gasteiger partial charge in [0.25, 0.3) is 5.56 Å². The Hall–Kier alpha value is -4.68. The van der Waals surface area contributed by atoms with Crippen molar-refractivity contribution in [2.45, 2.75) is 38.4 Å². The fraction of sp³-hybridized carbons (Fsp3) is 0.278. The lowest BCUT2D eigenvalue weighted by Gasteiger charge is -2.15. The molecule has 1 atom stereocenters. The summed E-state index contributed by atoms with van der Waals surface area (Å²) in [7, 11) is 3.26. The van der Waals surface area contributed by atoms with Gasteiger partial charge >= 0.3 is 0 Å². The Bertz CT molecular complexity index is 2110. The predicted molar refractivity (Wildman–Crippen MR) is 192 cm³/mol. The number of methoxy groups -OCH3 is 1. The maximum atomic E-state index is 13.3. The van der Waals surface area contributed by atoms with E-state index in [-0.39, 0.29) is 30.7 Å². The average Bonchev–Trinajstić information content (AvgIpc) is 3.72. The van der Waals surface area contributed by atoms with Crippen LogP contribution < -0.4 is 26.2 Å². The van der Waals surface area contributed by atoms with Gasteiger partial charge in [-0.05, 0) is 18.6 Å². The van der Waals surface area contributed by atoms with Crippen molar-refractivity contribution >= 4 is 34.6 Å². The van der Waals surface area contributed by atoms with Crippen LogP contribution in [0, 0.1) is 0 Å². The second-order valence-electron chi connectivity index (χ2n) is 11.9. The molecule has 1 amide bonds. The summed E-state index contributed by atoms with van der Waals surface area (Å²) in [6.07, 6.45) is 3.57. The second kappa shape index (κ2) is 14.8. The number of benzene rings is 2. The molecule has 2 aromatic carbocycles. The highest BCUT2D eigenvalue weighted by Gasteiger charge is 2.21. The third-order valence-corrected chi connectivity index (χ3v) is 9.46. The van der Waals surface area contributed by atoms with Crippen molar-refractivity contribution in [3.05, 3.63) is 105 Å². The molecule has 3 aromatic heterocycles. The van der Waals surface area contributed by atoms with Crippen LogP contribution in [-0.2, 0) is 24.9 Å². The number of hydrogen-bond donors (Lipinski definition) is 4. The van der Waals surface area contributed by atoms with Crippen LogP contribution in [0.4, 0.5) is 0 Å². The highest BCUT2D eigenvalue weighted by molar-refractivity contribution is 6.39. The van der Waals surface area contributed by atoms with Crippen molar-refractivity contribution in [2.24, 2.45) is 7.05 Å². The number of rotatable bonds is 13. The van der Waals surface area contributed by atoms with Crippen LogP contribution in [0.5, 0.6) is 5.88 Å². The van der Waals surface area contributed by atoms with E-state index >= 15 is 0 Å². The Labute approximate surface area is 293 Å². The summed E-state index contributed by atoms with van der Waals surface area (Å²) in [4.78, 5) is 29.5. The van der Waals surface area contributed by atoms with Crippen LogP contribution >= 0.6 is 23.2 Å². The summed E-state index contributed by atoms with van der Waals surface area (Å²) in [6, 6.07) is 17.2. The molecule has 0 spiro atoms. The monoisotopic (exact) mass is 701 g/mol. The third kappa shape index (κ3) is 7.20. The van der Waals surface area contributed by atoms with Crippen molar-refractivity contribution in [3.63, 3.8) is 0 Å². The summed E-state index contributed by atoms with van der Waals surface area (Å²) in [5.41, 5.74) is 6.00. The number of aliphatic hydroxyl groups excluding tert-OH is 1. The van der Waals surface area contributed by atoms with Crippen molar-refractivity contribution < 1.29 is 14.6 Å². The Morgan fingerprint density at radius 2 is 1.78 bits per heavy atom. The number of amides is 1. The number of aromatic nitrogens is 4. The lowest BCUT2D eigenvalue weighted by molar-refractivity contribution is -0.119. The van der Waals surface area contributed by atoms with E-state index in [1.165, 1.54) is 4.57 Å². The molecule has 1 fully saturated rings. The molecule has 0 radical (unpaired) electrons. The van der Waals surface area contributed by atoms with Crippen LogP contribution in [0.3, 0.4) is 0 Å². The molecule has 1 saturated heterocycles. The first-order valence-electron chi connectivity index (χ1n) is 15.9. The van der Waals surface area contributed by atoms with E-state index in [9.17, 15) is 9.59 Å². The molecular formula is C36H37Cl2N7O4. The van der Waals surface area contributed by atoms with Gasteiger partial charge in [-0.2, -0.15) is 5.10 Å². The summed E-state index contributed by atoms with van der Waals surface area (Å²) >= 11 is 14.2. The zero-order chi connectivity index (χ0) is 34.7. The van der Waals surface area contributed by atoms with E-state index in [0.29, 0.717) is 64.6 Å². The maximum absolute atomic E-state index is 13.3. The first-order chi connectivity index (χ1) is 23.7. The second-order valence-corrected chi connectivity index (χ2v) is 12.7. The van der Waals surface area contributed by atoms with Gasteiger partial charge in [-0.1, -0.05) is 72.2 Å². The molecule has 13 heteroatoms. The van der Waals surface area contributed by atoms with E-state index in [0.717, 1.165) is 39.8 Å². The number of fused-ring (bicyclic) bond motifs is 1. The topological polar surface area (TPSA) is 135 Å². The van der Waals surface area contributed by atoms with Gasteiger partial charge in [0.1, 0.15) is 5.52 Å². The Kier molecular flexibility index (Phi) is 10.4. The number of halogens is 2. The van der Waals surface area contributed by atoms with E-state index in [4.69, 9.17) is 38.0 Å². The van der Waals surface area contributed by atoms with Gasteiger partial charge in [0.05, 0.1) is 29.4 Å². The molecule has 254 valence electrons. The van der Waals surface area contributed by atoms with E-state index in [1.54, 1.807) is 30.9 Å². The number of hydrogen-bond acceptors (Lipinski definition) is 8. The lowest BCUT2D eigenvalue weighted by atomic mass is 9.97. The molecule has 0 unspecified atom stereocenters. The summed E-state index contributed by atoms with van der Waals surface area (Å²) in [5.74, 6) is 1.08. The van der Waals surface area contributed by atoms with Gasteiger partial charge in [0.15, 0.2) is 5.82 Å². The van der Waals surface area contributed by atoms with Gasteiger partial charge < -0.3 is 25.8 Å². The number of nitrogens with zero attached hydrogens (tertiary/aromatic N) is 4. The number of ether oxygens (including phenoxy) is 1. The molecule has 4 heterocycles. The Morgan fingerprint density at radius 3 is 2.47 bits per heavy atom. The minimum Gasteiger partial charge on any atom is -0.481 e. The van der Waals surface area contributed by atoms with Gasteiger partial charge in [-0.25, -0.2) is 9.50 Å². The van der Waals surface area contributed by atoms with E-state index in [1.807, 2.05) is 48.5 Å². The molecule has 4 N–H and O–H groups in total. The quantitative estimate of drug-likeness (QED) is 0.133. The third-order valence-electron chi connectivity index (χ3n) is 8.64. The Balaban J connectivity index is 1.27. The lowest BCUT2D eigenvalue weighted by Crippen LogP contribution is -2.35. The number of nitrogens with one attached hydrogen (secondary N) is 3. The fourth-order valence-electron chi connectivity index (χ4n) is 5.95. The molecule has 1 aliphatic rings. The number of carbonyl (C=O) groups excluding carboxylic acids is 1. The van der Waals surface area contributed by atoms with Crippen molar-refractivity contribution in [2.75, 3.05) is 20.3 Å². The Morgan fingerprint density at radius 1 is 1.06 bits per heavy atom. The standard InChI is InChI=1S/C36H37Cl2N7O4/c1-21(14-15-46)40-19-31-43-45-20-23(16-30(45)36(48)44(31)2)25-6-4-7-26(33(25)37)27-8-5-9-28(34(27)38)29-12-10-22(35(42-29)49-3)17-39-18-24-11-13-32(47)41-24/h4-10,12,16,20,24,39-40,46H,1,11,13-15,17-19H2,2-3H3,(H,41,47)/t24-/m0/s1. The van der Waals surface area contributed by atoms with Crippen LogP contribution in [0.1, 0.15) is 30.7 Å². The number of pyridine rings is 1. The van der Waals surface area contributed by atoms with E-state index in [2.05, 4.69) is 27.6 Å².